The zero-order chi connectivity index (χ0) is 21.9. The molecule has 0 spiro atoms. The number of para-hydroxylation sites is 1. The summed E-state index contributed by atoms with van der Waals surface area (Å²) >= 11 is 0. The van der Waals surface area contributed by atoms with Gasteiger partial charge < -0.3 is 10.1 Å². The van der Waals surface area contributed by atoms with Gasteiger partial charge in [-0.2, -0.15) is 13.2 Å². The van der Waals surface area contributed by atoms with Crippen molar-refractivity contribution in [2.45, 2.75) is 13.1 Å². The molecule has 7 heteroatoms. The molecule has 0 aliphatic rings. The molecular weight excluding hydrogens is 395 g/mol. The maximum Gasteiger partial charge on any atom is 0.418 e. The van der Waals surface area contributed by atoms with Crippen molar-refractivity contribution in [1.29, 1.82) is 0 Å². The lowest BCUT2D eigenvalue weighted by Crippen LogP contribution is -2.21. The van der Waals surface area contributed by atoms with Crippen LogP contribution in [-0.4, -0.2) is 18.8 Å². The van der Waals surface area contributed by atoms with Gasteiger partial charge in [-0.15, -0.1) is 0 Å². The SMILES string of the molecule is COc1ccc2cc(/C=C(\C(C)=O)C(=O)Nc3ccccc3C(F)(F)F)ccc2c1. The Bertz CT molecular complexity index is 1150. The number of hydrogen-bond donors (Lipinski definition) is 1. The van der Waals surface area contributed by atoms with Gasteiger partial charge in [-0.3, -0.25) is 9.59 Å². The van der Waals surface area contributed by atoms with E-state index in [1.54, 1.807) is 31.4 Å². The molecule has 0 aromatic heterocycles. The minimum Gasteiger partial charge on any atom is -0.497 e. The van der Waals surface area contributed by atoms with E-state index >= 15 is 0 Å². The van der Waals surface area contributed by atoms with E-state index in [1.165, 1.54) is 25.1 Å². The Morgan fingerprint density at radius 1 is 0.967 bits per heavy atom. The first kappa shape index (κ1) is 21.1. The summed E-state index contributed by atoms with van der Waals surface area (Å²) in [5.74, 6) is -0.779. The number of alkyl halides is 3. The number of methoxy groups -OCH3 is 1. The van der Waals surface area contributed by atoms with Crippen LogP contribution in [0.4, 0.5) is 18.9 Å². The quantitative estimate of drug-likeness (QED) is 0.342. The number of carbonyl (C=O) groups is 2. The Labute approximate surface area is 171 Å². The predicted molar refractivity (Wildman–Crippen MR) is 109 cm³/mol. The van der Waals surface area contributed by atoms with Gasteiger partial charge in [0.2, 0.25) is 0 Å². The number of halogens is 3. The zero-order valence-electron chi connectivity index (χ0n) is 16.2. The third kappa shape index (κ3) is 4.68. The third-order valence-corrected chi connectivity index (χ3v) is 4.49. The van der Waals surface area contributed by atoms with E-state index in [-0.39, 0.29) is 5.57 Å². The van der Waals surface area contributed by atoms with Gasteiger partial charge in [0.1, 0.15) is 5.75 Å². The second-order valence-electron chi connectivity index (χ2n) is 6.58. The average molecular weight is 413 g/mol. The number of ketones is 1. The molecule has 0 aliphatic carbocycles. The van der Waals surface area contributed by atoms with E-state index in [4.69, 9.17) is 4.74 Å². The highest BCUT2D eigenvalue weighted by molar-refractivity contribution is 6.25. The van der Waals surface area contributed by atoms with Gasteiger partial charge in [0.05, 0.1) is 23.9 Å². The van der Waals surface area contributed by atoms with E-state index in [1.807, 2.05) is 12.1 Å². The molecule has 4 nitrogen and oxygen atoms in total. The van der Waals surface area contributed by atoms with Gasteiger partial charge in [0, 0.05) is 0 Å². The molecule has 0 atom stereocenters. The molecular formula is C23H18F3NO3. The van der Waals surface area contributed by atoms with Crippen molar-refractivity contribution < 1.29 is 27.5 Å². The van der Waals surface area contributed by atoms with E-state index in [0.29, 0.717) is 11.3 Å². The summed E-state index contributed by atoms with van der Waals surface area (Å²) in [6, 6.07) is 15.3. The molecule has 154 valence electrons. The van der Waals surface area contributed by atoms with Crippen LogP contribution in [0.15, 0.2) is 66.2 Å². The second kappa shape index (κ2) is 8.41. The standard InChI is InChI=1S/C23H18F3NO3/c1-14(28)19(22(29)27-21-6-4-3-5-20(21)23(24,25)26)12-15-7-8-17-13-18(30-2)10-9-16(17)11-15/h3-13H,1-2H3,(H,27,29)/b19-12+. The molecule has 1 N–H and O–H groups in total. The maximum absolute atomic E-state index is 13.2. The molecule has 0 radical (unpaired) electrons. The van der Waals surface area contributed by atoms with Crippen LogP contribution in [0.2, 0.25) is 0 Å². The fourth-order valence-electron chi connectivity index (χ4n) is 2.98. The predicted octanol–water partition coefficient (Wildman–Crippen LogP) is 5.48. The number of fused-ring (bicyclic) bond motifs is 1. The highest BCUT2D eigenvalue weighted by atomic mass is 19.4. The molecule has 0 aliphatic heterocycles. The van der Waals surface area contributed by atoms with Crippen molar-refractivity contribution in [1.82, 2.24) is 0 Å². The number of rotatable bonds is 5. The number of benzene rings is 3. The van der Waals surface area contributed by atoms with Crippen molar-refractivity contribution in [2.75, 3.05) is 12.4 Å². The van der Waals surface area contributed by atoms with Gasteiger partial charge in [0.15, 0.2) is 5.78 Å². The lowest BCUT2D eigenvalue weighted by atomic mass is 10.0. The third-order valence-electron chi connectivity index (χ3n) is 4.49. The topological polar surface area (TPSA) is 55.4 Å². The van der Waals surface area contributed by atoms with Gasteiger partial charge >= 0.3 is 6.18 Å². The Kier molecular flexibility index (Phi) is 5.91. The monoisotopic (exact) mass is 413 g/mol. The second-order valence-corrected chi connectivity index (χ2v) is 6.58. The number of carbonyl (C=O) groups excluding carboxylic acids is 2. The normalized spacial score (nSPS) is 12.0. The van der Waals surface area contributed by atoms with E-state index < -0.39 is 29.1 Å². The molecule has 0 heterocycles. The summed E-state index contributed by atoms with van der Waals surface area (Å²) in [6.45, 7) is 1.19. The molecule has 1 amide bonds. The zero-order valence-corrected chi connectivity index (χ0v) is 16.2. The number of Topliss-reactive ketones (excluding diaryl/α,β-unsaturated/α-hetero) is 1. The van der Waals surface area contributed by atoms with Crippen LogP contribution in [-0.2, 0) is 15.8 Å². The van der Waals surface area contributed by atoms with Crippen LogP contribution >= 0.6 is 0 Å². The van der Waals surface area contributed by atoms with Crippen molar-refractivity contribution in [3.8, 4) is 5.75 Å². The first-order chi connectivity index (χ1) is 14.2. The Hall–Kier alpha value is -3.61. The first-order valence-corrected chi connectivity index (χ1v) is 8.97. The minimum absolute atomic E-state index is 0.250. The summed E-state index contributed by atoms with van der Waals surface area (Å²) in [7, 11) is 1.56. The molecule has 3 rings (SSSR count). The van der Waals surface area contributed by atoms with Crippen LogP contribution in [0, 0.1) is 0 Å². The molecule has 3 aromatic carbocycles. The van der Waals surface area contributed by atoms with Crippen LogP contribution in [0.3, 0.4) is 0 Å². The summed E-state index contributed by atoms with van der Waals surface area (Å²) in [5.41, 5.74) is -1.08. The molecule has 0 unspecified atom stereocenters. The summed E-state index contributed by atoms with van der Waals surface area (Å²) in [5, 5.41) is 3.97. The summed E-state index contributed by atoms with van der Waals surface area (Å²) in [6.07, 6.45) is -3.28. The Morgan fingerprint density at radius 3 is 2.30 bits per heavy atom. The van der Waals surface area contributed by atoms with Crippen molar-refractivity contribution in [3.05, 3.63) is 77.4 Å². The minimum atomic E-state index is -4.64. The molecule has 3 aromatic rings. The van der Waals surface area contributed by atoms with Gasteiger partial charge in [-0.05, 0) is 59.7 Å². The fourth-order valence-corrected chi connectivity index (χ4v) is 2.98. The van der Waals surface area contributed by atoms with Crippen molar-refractivity contribution in [3.63, 3.8) is 0 Å². The molecule has 0 fully saturated rings. The Morgan fingerprint density at radius 2 is 1.63 bits per heavy atom. The average Bonchev–Trinajstić information content (AvgIpc) is 2.70. The number of hydrogen-bond acceptors (Lipinski definition) is 3. The van der Waals surface area contributed by atoms with E-state index in [0.717, 1.165) is 22.9 Å². The van der Waals surface area contributed by atoms with Crippen LogP contribution < -0.4 is 10.1 Å². The van der Waals surface area contributed by atoms with E-state index in [9.17, 15) is 22.8 Å². The number of amides is 1. The largest absolute Gasteiger partial charge is 0.497 e. The Balaban J connectivity index is 1.94. The highest BCUT2D eigenvalue weighted by Crippen LogP contribution is 2.34. The van der Waals surface area contributed by atoms with Gasteiger partial charge in [0.25, 0.3) is 5.91 Å². The number of nitrogens with one attached hydrogen (secondary N) is 1. The van der Waals surface area contributed by atoms with Crippen molar-refractivity contribution in [2.24, 2.45) is 0 Å². The lowest BCUT2D eigenvalue weighted by molar-refractivity contribution is -0.137. The van der Waals surface area contributed by atoms with Gasteiger partial charge in [-0.25, -0.2) is 0 Å². The highest BCUT2D eigenvalue weighted by Gasteiger charge is 2.33. The molecule has 0 saturated heterocycles. The van der Waals surface area contributed by atoms with E-state index in [2.05, 4.69) is 5.32 Å². The first-order valence-electron chi connectivity index (χ1n) is 8.97. The lowest BCUT2D eigenvalue weighted by Gasteiger charge is -2.14. The van der Waals surface area contributed by atoms with Crippen molar-refractivity contribution >= 4 is 34.2 Å². The molecule has 30 heavy (non-hydrogen) atoms. The fraction of sp³-hybridized carbons (Fsp3) is 0.130. The number of ether oxygens (including phenoxy) is 1. The van der Waals surface area contributed by atoms with Gasteiger partial charge in [-0.1, -0.05) is 30.3 Å². The van der Waals surface area contributed by atoms with Crippen LogP contribution in [0.5, 0.6) is 5.75 Å². The molecule has 0 saturated carbocycles. The van der Waals surface area contributed by atoms with Crippen LogP contribution in [0.1, 0.15) is 18.1 Å². The summed E-state index contributed by atoms with van der Waals surface area (Å²) < 4.78 is 44.7. The summed E-state index contributed by atoms with van der Waals surface area (Å²) in [4.78, 5) is 24.6. The molecule has 0 bridgehead atoms. The van der Waals surface area contributed by atoms with Crippen LogP contribution in [0.25, 0.3) is 16.8 Å². The number of anilines is 1. The maximum atomic E-state index is 13.2. The smallest absolute Gasteiger partial charge is 0.418 e.